The molecule has 20 heavy (non-hydrogen) atoms. The Bertz CT molecular complexity index is 351. The highest BCUT2D eigenvalue weighted by atomic mass is 16.3. The van der Waals surface area contributed by atoms with Gasteiger partial charge in [0.05, 0.1) is 6.10 Å². The fourth-order valence-corrected chi connectivity index (χ4v) is 2.59. The molecule has 0 bridgehead atoms. The van der Waals surface area contributed by atoms with Gasteiger partial charge in [0.2, 0.25) is 0 Å². The van der Waals surface area contributed by atoms with Gasteiger partial charge in [-0.1, -0.05) is 63.6 Å². The van der Waals surface area contributed by atoms with Crippen LogP contribution in [0.4, 0.5) is 5.69 Å². The molecule has 3 N–H and O–H groups in total. The van der Waals surface area contributed by atoms with Crippen molar-refractivity contribution >= 4 is 5.69 Å². The van der Waals surface area contributed by atoms with Gasteiger partial charge in [-0.25, -0.2) is 0 Å². The lowest BCUT2D eigenvalue weighted by atomic mass is 10.0. The quantitative estimate of drug-likeness (QED) is 0.455. The molecule has 1 aromatic carbocycles. The minimum absolute atomic E-state index is 0.133. The summed E-state index contributed by atoms with van der Waals surface area (Å²) < 4.78 is 0. The van der Waals surface area contributed by atoms with Gasteiger partial charge in [0.1, 0.15) is 0 Å². The summed E-state index contributed by atoms with van der Waals surface area (Å²) in [5, 5.41) is 9.97. The summed E-state index contributed by atoms with van der Waals surface area (Å²) in [5.41, 5.74) is 7.99. The Balaban J connectivity index is 2.03. The smallest absolute Gasteiger partial charge is 0.0540 e. The topological polar surface area (TPSA) is 46.2 Å². The van der Waals surface area contributed by atoms with Crippen LogP contribution in [-0.2, 0) is 6.42 Å². The number of anilines is 1. The Morgan fingerprint density at radius 1 is 0.950 bits per heavy atom. The van der Waals surface area contributed by atoms with Crippen LogP contribution in [0.1, 0.15) is 70.3 Å². The largest absolute Gasteiger partial charge is 0.399 e. The van der Waals surface area contributed by atoms with Crippen molar-refractivity contribution in [3.05, 3.63) is 29.8 Å². The molecule has 0 radical (unpaired) electrons. The maximum atomic E-state index is 9.97. The molecule has 0 aliphatic rings. The van der Waals surface area contributed by atoms with Crippen molar-refractivity contribution in [3.63, 3.8) is 0 Å². The van der Waals surface area contributed by atoms with E-state index >= 15 is 0 Å². The van der Waals surface area contributed by atoms with Gasteiger partial charge < -0.3 is 10.8 Å². The molecular weight excluding hydrogens is 246 g/mol. The van der Waals surface area contributed by atoms with Crippen molar-refractivity contribution in [2.24, 2.45) is 0 Å². The second kappa shape index (κ2) is 10.7. The highest BCUT2D eigenvalue weighted by Crippen LogP contribution is 2.16. The van der Waals surface area contributed by atoms with Gasteiger partial charge in [-0.05, 0) is 37.3 Å². The number of rotatable bonds is 11. The van der Waals surface area contributed by atoms with Crippen LogP contribution in [0.2, 0.25) is 0 Å². The van der Waals surface area contributed by atoms with Crippen LogP contribution < -0.4 is 5.73 Å². The third-order valence-corrected chi connectivity index (χ3v) is 3.93. The van der Waals surface area contributed by atoms with Crippen molar-refractivity contribution in [1.82, 2.24) is 0 Å². The standard InChI is InChI=1S/C18H31NO/c1-2-3-4-5-6-7-13-17(20)14-10-12-16-11-8-9-15-18(16)19/h8-9,11,15,17,20H,2-7,10,12-14,19H2,1H3. The van der Waals surface area contributed by atoms with Crippen molar-refractivity contribution in [2.75, 3.05) is 5.73 Å². The highest BCUT2D eigenvalue weighted by Gasteiger charge is 2.05. The van der Waals surface area contributed by atoms with Gasteiger partial charge in [0, 0.05) is 5.69 Å². The molecular formula is C18H31NO. The van der Waals surface area contributed by atoms with E-state index in [4.69, 9.17) is 5.73 Å². The zero-order chi connectivity index (χ0) is 14.6. The third kappa shape index (κ3) is 7.54. The van der Waals surface area contributed by atoms with Crippen molar-refractivity contribution < 1.29 is 5.11 Å². The molecule has 0 aliphatic carbocycles. The molecule has 114 valence electrons. The Labute approximate surface area is 124 Å². The third-order valence-electron chi connectivity index (χ3n) is 3.93. The lowest BCUT2D eigenvalue weighted by Gasteiger charge is -2.11. The summed E-state index contributed by atoms with van der Waals surface area (Å²) >= 11 is 0. The monoisotopic (exact) mass is 277 g/mol. The van der Waals surface area contributed by atoms with E-state index < -0.39 is 0 Å². The van der Waals surface area contributed by atoms with E-state index in [1.807, 2.05) is 18.2 Å². The van der Waals surface area contributed by atoms with Gasteiger partial charge >= 0.3 is 0 Å². The van der Waals surface area contributed by atoms with E-state index in [1.165, 1.54) is 44.1 Å². The number of aliphatic hydroxyl groups is 1. The number of hydrogen-bond donors (Lipinski definition) is 2. The molecule has 1 aromatic rings. The van der Waals surface area contributed by atoms with E-state index in [-0.39, 0.29) is 6.10 Å². The second-order valence-electron chi connectivity index (χ2n) is 5.80. The normalized spacial score (nSPS) is 12.5. The number of aliphatic hydroxyl groups excluding tert-OH is 1. The van der Waals surface area contributed by atoms with E-state index in [1.54, 1.807) is 0 Å². The molecule has 0 fully saturated rings. The second-order valence-corrected chi connectivity index (χ2v) is 5.80. The van der Waals surface area contributed by atoms with Crippen molar-refractivity contribution in [3.8, 4) is 0 Å². The van der Waals surface area contributed by atoms with E-state index in [2.05, 4.69) is 13.0 Å². The number of nitrogens with two attached hydrogens (primary N) is 1. The molecule has 0 amide bonds. The van der Waals surface area contributed by atoms with Gasteiger partial charge in [0.25, 0.3) is 0 Å². The molecule has 2 heteroatoms. The summed E-state index contributed by atoms with van der Waals surface area (Å²) in [6.07, 6.45) is 11.4. The minimum atomic E-state index is -0.133. The summed E-state index contributed by atoms with van der Waals surface area (Å²) in [6, 6.07) is 8.02. The maximum Gasteiger partial charge on any atom is 0.0540 e. The van der Waals surface area contributed by atoms with E-state index in [0.717, 1.165) is 31.4 Å². The molecule has 0 saturated carbocycles. The SMILES string of the molecule is CCCCCCCCC(O)CCCc1ccccc1N. The number of benzene rings is 1. The molecule has 1 unspecified atom stereocenters. The number of nitrogen functional groups attached to an aromatic ring is 1. The number of aryl methyl sites for hydroxylation is 1. The Hall–Kier alpha value is -1.02. The van der Waals surface area contributed by atoms with Crippen LogP contribution >= 0.6 is 0 Å². The van der Waals surface area contributed by atoms with Crippen LogP contribution in [0, 0.1) is 0 Å². The average molecular weight is 277 g/mol. The number of para-hydroxylation sites is 1. The Morgan fingerprint density at radius 2 is 1.60 bits per heavy atom. The summed E-state index contributed by atoms with van der Waals surface area (Å²) in [5.74, 6) is 0. The van der Waals surface area contributed by atoms with Gasteiger partial charge in [-0.3, -0.25) is 0 Å². The highest BCUT2D eigenvalue weighted by molar-refractivity contribution is 5.46. The zero-order valence-electron chi connectivity index (χ0n) is 13.0. The lowest BCUT2D eigenvalue weighted by molar-refractivity contribution is 0.148. The first kappa shape index (κ1) is 17.0. The Morgan fingerprint density at radius 3 is 2.35 bits per heavy atom. The van der Waals surface area contributed by atoms with Gasteiger partial charge in [-0.2, -0.15) is 0 Å². The summed E-state index contributed by atoms with van der Waals surface area (Å²) in [6.45, 7) is 2.24. The molecule has 0 aliphatic heterocycles. The van der Waals surface area contributed by atoms with Crippen LogP contribution in [0.3, 0.4) is 0 Å². The predicted molar refractivity (Wildman–Crippen MR) is 87.8 cm³/mol. The molecule has 1 atom stereocenters. The summed E-state index contributed by atoms with van der Waals surface area (Å²) in [7, 11) is 0. The predicted octanol–water partition coefficient (Wildman–Crippen LogP) is 4.70. The Kier molecular flexibility index (Phi) is 9.14. The fraction of sp³-hybridized carbons (Fsp3) is 0.667. The van der Waals surface area contributed by atoms with Gasteiger partial charge in [0.15, 0.2) is 0 Å². The van der Waals surface area contributed by atoms with E-state index in [0.29, 0.717) is 0 Å². The van der Waals surface area contributed by atoms with Crippen LogP contribution in [0.25, 0.3) is 0 Å². The van der Waals surface area contributed by atoms with E-state index in [9.17, 15) is 5.11 Å². The molecule has 1 rings (SSSR count). The van der Waals surface area contributed by atoms with Crippen LogP contribution in [0.15, 0.2) is 24.3 Å². The first-order valence-corrected chi connectivity index (χ1v) is 8.25. The first-order chi connectivity index (χ1) is 9.74. The number of hydrogen-bond acceptors (Lipinski definition) is 2. The zero-order valence-corrected chi connectivity index (χ0v) is 13.0. The molecule has 0 spiro atoms. The van der Waals surface area contributed by atoms with Crippen LogP contribution in [0.5, 0.6) is 0 Å². The molecule has 0 aromatic heterocycles. The fourth-order valence-electron chi connectivity index (χ4n) is 2.59. The van der Waals surface area contributed by atoms with Gasteiger partial charge in [-0.15, -0.1) is 0 Å². The van der Waals surface area contributed by atoms with Crippen molar-refractivity contribution in [2.45, 2.75) is 77.2 Å². The average Bonchev–Trinajstić information content (AvgIpc) is 2.45. The lowest BCUT2D eigenvalue weighted by Crippen LogP contribution is -2.07. The summed E-state index contributed by atoms with van der Waals surface area (Å²) in [4.78, 5) is 0. The molecule has 0 saturated heterocycles. The minimum Gasteiger partial charge on any atom is -0.399 e. The number of unbranched alkanes of at least 4 members (excludes halogenated alkanes) is 5. The van der Waals surface area contributed by atoms with Crippen LogP contribution in [-0.4, -0.2) is 11.2 Å². The first-order valence-electron chi connectivity index (χ1n) is 8.25. The molecule has 2 nitrogen and oxygen atoms in total. The maximum absolute atomic E-state index is 9.97. The molecule has 0 heterocycles. The van der Waals surface area contributed by atoms with Crippen molar-refractivity contribution in [1.29, 1.82) is 0 Å².